The number of sulfonamides is 1. The molecule has 1 aromatic heterocycles. The molecule has 1 heterocycles. The van der Waals surface area contributed by atoms with Gasteiger partial charge in [-0.1, -0.05) is 84.9 Å². The highest BCUT2D eigenvalue weighted by Crippen LogP contribution is 2.12. The molecule has 12 heteroatoms. The van der Waals surface area contributed by atoms with Gasteiger partial charge >= 0.3 is 0 Å². The first-order valence-corrected chi connectivity index (χ1v) is 17.0. The number of carbonyl (C=O) groups excluding carboxylic acids is 2. The fourth-order valence-corrected chi connectivity index (χ4v) is 6.40. The van der Waals surface area contributed by atoms with Gasteiger partial charge in [0.15, 0.2) is 12.4 Å². The number of hydrogen-bond acceptors (Lipinski definition) is 6. The Kier molecular flexibility index (Phi) is 12.6. The summed E-state index contributed by atoms with van der Waals surface area (Å²) in [7, 11) is -3.91. The van der Waals surface area contributed by atoms with E-state index in [4.69, 9.17) is 11.1 Å². The van der Waals surface area contributed by atoms with E-state index in [2.05, 4.69) is 15.4 Å². The normalized spacial score (nSPS) is 12.5. The molecule has 0 saturated heterocycles. The molecule has 0 radical (unpaired) electrons. The maximum absolute atomic E-state index is 13.8. The zero-order chi connectivity index (χ0) is 33.6. The second-order valence-corrected chi connectivity index (χ2v) is 13.0. The van der Waals surface area contributed by atoms with Crippen LogP contribution < -0.4 is 25.8 Å². The highest BCUT2D eigenvalue weighted by Gasteiger charge is 2.29. The molecule has 3 aromatic carbocycles. The molecule has 6 N–H and O–H groups in total. The summed E-state index contributed by atoms with van der Waals surface area (Å²) in [5.41, 5.74) is 9.30. The number of nitrogens with zero attached hydrogens (tertiary/aromatic N) is 1. The molecule has 0 spiro atoms. The highest BCUT2D eigenvalue weighted by molar-refractivity contribution is 7.88. The summed E-state index contributed by atoms with van der Waals surface area (Å²) in [5, 5.41) is 24.7. The quantitative estimate of drug-likeness (QED) is 0.0504. The van der Waals surface area contributed by atoms with Crippen LogP contribution in [0.1, 0.15) is 47.1 Å². The standard InChI is InChI=1S/C35H40N6O5S/c36-33(37)30-17-14-28(15-18-30)24-38-34(42)31(19-16-27-20-22-41(44)23-21-27)39-35(43)32(13-7-12-26-8-3-1-4-9-26)40-47(45,46)25-29-10-5-2-6-11-29/h1-6,8-11,14-15,17-18,20-23,31-32,40H,7,12-13,16,19,24-25H2,(H3,36,37)(H,38,42)(H,39,43). The number of nitrogens with one attached hydrogen (secondary N) is 4. The van der Waals surface area contributed by atoms with Crippen molar-refractivity contribution in [2.24, 2.45) is 5.73 Å². The Hall–Kier alpha value is -5.07. The lowest BCUT2D eigenvalue weighted by Gasteiger charge is -2.23. The Morgan fingerprint density at radius 2 is 1.34 bits per heavy atom. The van der Waals surface area contributed by atoms with Gasteiger partial charge in [-0.15, -0.1) is 0 Å². The van der Waals surface area contributed by atoms with Crippen LogP contribution in [0.3, 0.4) is 0 Å². The average Bonchev–Trinajstić information content (AvgIpc) is 3.06. The largest absolute Gasteiger partial charge is 0.619 e. The molecule has 0 saturated carbocycles. The molecule has 0 aliphatic heterocycles. The molecule has 2 amide bonds. The average molecular weight is 657 g/mol. The van der Waals surface area contributed by atoms with Crippen molar-refractivity contribution in [3.63, 3.8) is 0 Å². The Bertz CT molecular complexity index is 1720. The number of nitrogen functional groups attached to an aromatic ring is 1. The number of amidine groups is 1. The molecule has 0 fully saturated rings. The highest BCUT2D eigenvalue weighted by atomic mass is 32.2. The van der Waals surface area contributed by atoms with Crippen molar-refractivity contribution in [3.8, 4) is 0 Å². The van der Waals surface area contributed by atoms with E-state index in [1.54, 1.807) is 66.7 Å². The minimum Gasteiger partial charge on any atom is -0.619 e. The van der Waals surface area contributed by atoms with E-state index in [0.29, 0.717) is 35.1 Å². The van der Waals surface area contributed by atoms with Gasteiger partial charge in [-0.05, 0) is 54.4 Å². The van der Waals surface area contributed by atoms with E-state index in [9.17, 15) is 23.2 Å². The molecule has 0 aliphatic carbocycles. The third-order valence-corrected chi connectivity index (χ3v) is 8.95. The number of aromatic nitrogens is 1. The molecule has 0 bridgehead atoms. The van der Waals surface area contributed by atoms with Gasteiger partial charge in [0.1, 0.15) is 17.9 Å². The van der Waals surface area contributed by atoms with E-state index in [-0.39, 0.29) is 31.0 Å². The maximum Gasteiger partial charge on any atom is 0.242 e. The fourth-order valence-electron chi connectivity index (χ4n) is 5.03. The van der Waals surface area contributed by atoms with Gasteiger partial charge in [-0.2, -0.15) is 4.73 Å². The predicted octanol–water partition coefficient (Wildman–Crippen LogP) is 2.85. The number of pyridine rings is 1. The van der Waals surface area contributed by atoms with Crippen molar-refractivity contribution in [2.45, 2.75) is 56.5 Å². The van der Waals surface area contributed by atoms with Crippen LogP contribution in [-0.4, -0.2) is 38.2 Å². The molecule has 47 heavy (non-hydrogen) atoms. The SMILES string of the molecule is N=C(N)c1ccc(CNC(=O)C(CCc2cc[n+]([O-])cc2)NC(=O)C(CCCc2ccccc2)NS(=O)(=O)Cc2ccccc2)cc1. The van der Waals surface area contributed by atoms with Gasteiger partial charge < -0.3 is 21.6 Å². The van der Waals surface area contributed by atoms with Crippen molar-refractivity contribution in [3.05, 3.63) is 142 Å². The molecule has 0 aliphatic rings. The van der Waals surface area contributed by atoms with Crippen molar-refractivity contribution < 1.29 is 22.7 Å². The molecule has 11 nitrogen and oxygen atoms in total. The number of carbonyl (C=O) groups is 2. The summed E-state index contributed by atoms with van der Waals surface area (Å²) in [4.78, 5) is 27.2. The van der Waals surface area contributed by atoms with E-state index < -0.39 is 33.9 Å². The van der Waals surface area contributed by atoms with E-state index >= 15 is 0 Å². The first-order chi connectivity index (χ1) is 22.6. The topological polar surface area (TPSA) is 181 Å². The van der Waals surface area contributed by atoms with Crippen LogP contribution >= 0.6 is 0 Å². The van der Waals surface area contributed by atoms with Gasteiger partial charge in [-0.25, -0.2) is 13.1 Å². The minimum atomic E-state index is -3.91. The Labute approximate surface area is 275 Å². The van der Waals surface area contributed by atoms with Crippen molar-refractivity contribution >= 4 is 27.7 Å². The smallest absolute Gasteiger partial charge is 0.242 e. The van der Waals surface area contributed by atoms with Gasteiger partial charge in [-0.3, -0.25) is 15.0 Å². The van der Waals surface area contributed by atoms with Gasteiger partial charge in [0, 0.05) is 24.2 Å². The van der Waals surface area contributed by atoms with Gasteiger partial charge in [0.05, 0.1) is 5.75 Å². The zero-order valence-electron chi connectivity index (χ0n) is 26.0. The Morgan fingerprint density at radius 1 is 0.745 bits per heavy atom. The number of hydrogen-bond donors (Lipinski definition) is 5. The number of aryl methyl sites for hydroxylation is 2. The summed E-state index contributed by atoms with van der Waals surface area (Å²) in [6, 6.07) is 26.4. The van der Waals surface area contributed by atoms with Crippen LogP contribution in [-0.2, 0) is 44.8 Å². The first kappa shape index (κ1) is 34.8. The predicted molar refractivity (Wildman–Crippen MR) is 180 cm³/mol. The van der Waals surface area contributed by atoms with Crippen LogP contribution in [0, 0.1) is 10.6 Å². The second-order valence-electron chi connectivity index (χ2n) is 11.3. The lowest BCUT2D eigenvalue weighted by molar-refractivity contribution is -0.605. The lowest BCUT2D eigenvalue weighted by Crippen LogP contribution is -2.53. The zero-order valence-corrected chi connectivity index (χ0v) is 26.8. The molecular formula is C35H40N6O5S. The lowest BCUT2D eigenvalue weighted by atomic mass is 10.0. The molecule has 2 unspecified atom stereocenters. The van der Waals surface area contributed by atoms with Crippen LogP contribution in [0.15, 0.2) is 109 Å². The molecule has 4 aromatic rings. The van der Waals surface area contributed by atoms with E-state index in [1.807, 2.05) is 30.3 Å². The van der Waals surface area contributed by atoms with Crippen LogP contribution in [0.2, 0.25) is 0 Å². The minimum absolute atomic E-state index is 0.0653. The summed E-state index contributed by atoms with van der Waals surface area (Å²) in [6.07, 6.45) is 4.69. The fraction of sp³-hybridized carbons (Fsp3) is 0.257. The Morgan fingerprint density at radius 3 is 1.96 bits per heavy atom. The van der Waals surface area contributed by atoms with Crippen LogP contribution in [0.4, 0.5) is 0 Å². The summed E-state index contributed by atoms with van der Waals surface area (Å²) in [6.45, 7) is 0.162. The molecule has 2 atom stereocenters. The summed E-state index contributed by atoms with van der Waals surface area (Å²) >= 11 is 0. The number of amides is 2. The summed E-state index contributed by atoms with van der Waals surface area (Å²) in [5.74, 6) is -1.41. The van der Waals surface area contributed by atoms with Crippen molar-refractivity contribution in [1.82, 2.24) is 15.4 Å². The van der Waals surface area contributed by atoms with Gasteiger partial charge in [0.25, 0.3) is 0 Å². The Balaban J connectivity index is 1.49. The monoisotopic (exact) mass is 656 g/mol. The van der Waals surface area contributed by atoms with Crippen molar-refractivity contribution in [2.75, 3.05) is 0 Å². The number of benzene rings is 3. The first-order valence-electron chi connectivity index (χ1n) is 15.3. The maximum atomic E-state index is 13.8. The number of nitrogens with two attached hydrogens (primary N) is 1. The van der Waals surface area contributed by atoms with E-state index in [1.165, 1.54) is 12.4 Å². The molecule has 246 valence electrons. The van der Waals surface area contributed by atoms with E-state index in [0.717, 1.165) is 16.7 Å². The third-order valence-electron chi connectivity index (χ3n) is 7.60. The third kappa shape index (κ3) is 11.7. The van der Waals surface area contributed by atoms with Crippen LogP contribution in [0.25, 0.3) is 0 Å². The molecular weight excluding hydrogens is 616 g/mol. The molecule has 4 rings (SSSR count). The second kappa shape index (κ2) is 17.0. The van der Waals surface area contributed by atoms with Crippen molar-refractivity contribution in [1.29, 1.82) is 5.41 Å². The van der Waals surface area contributed by atoms with Gasteiger partial charge in [0.2, 0.25) is 21.8 Å². The summed E-state index contributed by atoms with van der Waals surface area (Å²) < 4.78 is 29.7. The number of rotatable bonds is 17. The van der Waals surface area contributed by atoms with Crippen LogP contribution in [0.5, 0.6) is 0 Å².